The van der Waals surface area contributed by atoms with Gasteiger partial charge in [-0.3, -0.25) is 0 Å². The molecule has 24 heavy (non-hydrogen) atoms. The van der Waals surface area contributed by atoms with E-state index in [9.17, 15) is 12.8 Å². The van der Waals surface area contributed by atoms with Crippen molar-refractivity contribution in [1.29, 1.82) is 0 Å². The van der Waals surface area contributed by atoms with E-state index in [-0.39, 0.29) is 10.7 Å². The maximum atomic E-state index is 13.7. The minimum absolute atomic E-state index is 0.264. The smallest absolute Gasteiger partial charge is 0.243 e. The number of hydrogen-bond donors (Lipinski definition) is 0. The van der Waals surface area contributed by atoms with Crippen molar-refractivity contribution in [2.75, 3.05) is 26.3 Å². The summed E-state index contributed by atoms with van der Waals surface area (Å²) in [6, 6.07) is 13.4. The molecule has 0 aliphatic carbocycles. The van der Waals surface area contributed by atoms with Crippen molar-refractivity contribution in [2.45, 2.75) is 15.5 Å². The fourth-order valence-corrected chi connectivity index (χ4v) is 4.82. The molecule has 4 nitrogen and oxygen atoms in total. The molecule has 0 bridgehead atoms. The molecule has 0 atom stereocenters. The van der Waals surface area contributed by atoms with E-state index in [4.69, 9.17) is 4.74 Å². The normalized spacial score (nSPS) is 16.2. The highest BCUT2D eigenvalue weighted by Gasteiger charge is 2.26. The number of halogens is 1. The number of benzene rings is 2. The molecule has 0 aromatic heterocycles. The van der Waals surface area contributed by atoms with Crippen LogP contribution in [0.5, 0.6) is 0 Å². The summed E-state index contributed by atoms with van der Waals surface area (Å²) in [7, 11) is -3.51. The van der Waals surface area contributed by atoms with Crippen LogP contribution in [0.25, 0.3) is 0 Å². The molecule has 128 valence electrons. The molecule has 3 rings (SSSR count). The van der Waals surface area contributed by atoms with Gasteiger partial charge >= 0.3 is 0 Å². The van der Waals surface area contributed by atoms with Gasteiger partial charge in [0.15, 0.2) is 0 Å². The summed E-state index contributed by atoms with van der Waals surface area (Å²) in [5.41, 5.74) is 0.845. The lowest BCUT2D eigenvalue weighted by molar-refractivity contribution is 0.0730. The molecule has 0 saturated carbocycles. The van der Waals surface area contributed by atoms with Crippen molar-refractivity contribution in [3.63, 3.8) is 0 Å². The molecular formula is C17H18FNO3S2. The van der Waals surface area contributed by atoms with Gasteiger partial charge in [0.1, 0.15) is 5.82 Å². The average Bonchev–Trinajstić information content (AvgIpc) is 2.62. The molecule has 1 aliphatic rings. The average molecular weight is 367 g/mol. The van der Waals surface area contributed by atoms with Crippen LogP contribution in [-0.4, -0.2) is 39.0 Å². The van der Waals surface area contributed by atoms with E-state index in [0.29, 0.717) is 37.0 Å². The third-order valence-electron chi connectivity index (χ3n) is 3.74. The third kappa shape index (κ3) is 3.97. The first-order chi connectivity index (χ1) is 11.6. The predicted molar refractivity (Wildman–Crippen MR) is 92.0 cm³/mol. The van der Waals surface area contributed by atoms with Gasteiger partial charge in [0.25, 0.3) is 0 Å². The lowest BCUT2D eigenvalue weighted by Crippen LogP contribution is -2.40. The van der Waals surface area contributed by atoms with Crippen LogP contribution >= 0.6 is 11.8 Å². The summed E-state index contributed by atoms with van der Waals surface area (Å²) >= 11 is 1.35. The number of sulfonamides is 1. The van der Waals surface area contributed by atoms with Crippen molar-refractivity contribution in [3.8, 4) is 0 Å². The van der Waals surface area contributed by atoms with E-state index < -0.39 is 10.0 Å². The molecule has 2 aromatic carbocycles. The maximum Gasteiger partial charge on any atom is 0.243 e. The van der Waals surface area contributed by atoms with E-state index in [1.54, 1.807) is 36.4 Å². The largest absolute Gasteiger partial charge is 0.379 e. The summed E-state index contributed by atoms with van der Waals surface area (Å²) in [6.07, 6.45) is 0. The minimum atomic E-state index is -3.51. The fourth-order valence-electron chi connectivity index (χ4n) is 2.45. The van der Waals surface area contributed by atoms with Crippen molar-refractivity contribution in [2.24, 2.45) is 0 Å². The molecule has 0 unspecified atom stereocenters. The van der Waals surface area contributed by atoms with Gasteiger partial charge in [0.2, 0.25) is 10.0 Å². The molecule has 7 heteroatoms. The third-order valence-corrected chi connectivity index (χ3v) is 6.75. The Hall–Kier alpha value is -1.41. The molecule has 0 amide bonds. The number of nitrogens with zero attached hydrogens (tertiary/aromatic N) is 1. The van der Waals surface area contributed by atoms with E-state index in [2.05, 4.69) is 0 Å². The Morgan fingerprint density at radius 1 is 1.08 bits per heavy atom. The highest BCUT2D eigenvalue weighted by molar-refractivity contribution is 7.98. The Morgan fingerprint density at radius 3 is 2.58 bits per heavy atom. The topological polar surface area (TPSA) is 46.6 Å². The standard InChI is InChI=1S/C17H18FNO3S2/c18-16-6-1-2-7-17(16)23-13-14-4-3-5-15(12-14)24(20,21)19-8-10-22-11-9-19/h1-7,12H,8-11,13H2. The number of rotatable bonds is 5. The molecule has 0 radical (unpaired) electrons. The lowest BCUT2D eigenvalue weighted by Gasteiger charge is -2.26. The Morgan fingerprint density at radius 2 is 1.83 bits per heavy atom. The van der Waals surface area contributed by atoms with Crippen LogP contribution in [0.4, 0.5) is 4.39 Å². The Balaban J connectivity index is 1.75. The second kappa shape index (κ2) is 7.65. The lowest BCUT2D eigenvalue weighted by atomic mass is 10.2. The molecule has 0 N–H and O–H groups in total. The van der Waals surface area contributed by atoms with Crippen molar-refractivity contribution in [3.05, 3.63) is 59.9 Å². The van der Waals surface area contributed by atoms with E-state index >= 15 is 0 Å². The minimum Gasteiger partial charge on any atom is -0.379 e. The Bertz CT molecular complexity index is 805. The van der Waals surface area contributed by atoms with Crippen LogP contribution in [-0.2, 0) is 20.5 Å². The highest BCUT2D eigenvalue weighted by atomic mass is 32.2. The van der Waals surface area contributed by atoms with Crippen molar-refractivity contribution in [1.82, 2.24) is 4.31 Å². The van der Waals surface area contributed by atoms with Crippen LogP contribution in [0.15, 0.2) is 58.3 Å². The monoisotopic (exact) mass is 367 g/mol. The van der Waals surface area contributed by atoms with Crippen LogP contribution in [0, 0.1) is 5.82 Å². The van der Waals surface area contributed by atoms with Gasteiger partial charge in [0, 0.05) is 23.7 Å². The van der Waals surface area contributed by atoms with E-state index in [1.807, 2.05) is 6.07 Å². The van der Waals surface area contributed by atoms with E-state index in [0.717, 1.165) is 5.56 Å². The van der Waals surface area contributed by atoms with Gasteiger partial charge in [-0.2, -0.15) is 4.31 Å². The summed E-state index contributed by atoms with van der Waals surface area (Å²) in [5.74, 6) is 0.243. The summed E-state index contributed by atoms with van der Waals surface area (Å²) in [6.45, 7) is 1.58. The molecule has 2 aromatic rings. The first kappa shape index (κ1) is 17.4. The fraction of sp³-hybridized carbons (Fsp3) is 0.294. The first-order valence-corrected chi connectivity index (χ1v) is 10.0. The van der Waals surface area contributed by atoms with Gasteiger partial charge in [-0.05, 0) is 29.8 Å². The molecular weight excluding hydrogens is 349 g/mol. The predicted octanol–water partition coefficient (Wildman–Crippen LogP) is 3.14. The van der Waals surface area contributed by atoms with Gasteiger partial charge in [-0.1, -0.05) is 24.3 Å². The number of thioether (sulfide) groups is 1. The Kier molecular flexibility index (Phi) is 5.55. The van der Waals surface area contributed by atoms with Crippen molar-refractivity contribution < 1.29 is 17.5 Å². The molecule has 1 heterocycles. The maximum absolute atomic E-state index is 13.7. The van der Waals surface area contributed by atoms with Crippen LogP contribution < -0.4 is 0 Å². The number of hydrogen-bond acceptors (Lipinski definition) is 4. The van der Waals surface area contributed by atoms with Gasteiger partial charge in [-0.25, -0.2) is 12.8 Å². The summed E-state index contributed by atoms with van der Waals surface area (Å²) in [5, 5.41) is 0. The summed E-state index contributed by atoms with van der Waals surface area (Å²) in [4.78, 5) is 0.829. The van der Waals surface area contributed by atoms with Crippen LogP contribution in [0.3, 0.4) is 0 Å². The highest BCUT2D eigenvalue weighted by Crippen LogP contribution is 2.26. The zero-order chi connectivity index (χ0) is 17.0. The quantitative estimate of drug-likeness (QED) is 0.762. The number of morpholine rings is 1. The first-order valence-electron chi connectivity index (χ1n) is 7.61. The van der Waals surface area contributed by atoms with Crippen LogP contribution in [0.1, 0.15) is 5.56 Å². The van der Waals surface area contributed by atoms with E-state index in [1.165, 1.54) is 22.1 Å². The molecule has 1 aliphatic heterocycles. The zero-order valence-electron chi connectivity index (χ0n) is 13.0. The Labute approximate surface area is 145 Å². The molecule has 1 fully saturated rings. The second-order valence-corrected chi connectivity index (χ2v) is 8.34. The zero-order valence-corrected chi connectivity index (χ0v) is 14.7. The molecule has 0 spiro atoms. The summed E-state index contributed by atoms with van der Waals surface area (Å²) < 4.78 is 45.7. The SMILES string of the molecule is O=S(=O)(c1cccc(CSc2ccccc2F)c1)N1CCOCC1. The molecule has 1 saturated heterocycles. The number of ether oxygens (including phenoxy) is 1. The van der Waals surface area contributed by atoms with Gasteiger partial charge in [-0.15, -0.1) is 11.8 Å². The second-order valence-electron chi connectivity index (χ2n) is 5.38. The van der Waals surface area contributed by atoms with Gasteiger partial charge < -0.3 is 4.74 Å². The van der Waals surface area contributed by atoms with Gasteiger partial charge in [0.05, 0.1) is 18.1 Å². The van der Waals surface area contributed by atoms with Crippen molar-refractivity contribution >= 4 is 21.8 Å². The van der Waals surface area contributed by atoms with Crippen LogP contribution in [0.2, 0.25) is 0 Å².